The molecule has 0 bridgehead atoms. The van der Waals surface area contributed by atoms with E-state index in [0.717, 1.165) is 46.0 Å². The first-order valence-corrected chi connectivity index (χ1v) is 10.2. The van der Waals surface area contributed by atoms with Crippen LogP contribution in [0.3, 0.4) is 0 Å². The lowest BCUT2D eigenvalue weighted by Gasteiger charge is -2.29. The smallest absolute Gasteiger partial charge is 0.248 e. The number of hydrogen-bond donors (Lipinski definition) is 1. The Morgan fingerprint density at radius 1 is 1.07 bits per heavy atom. The minimum Gasteiger partial charge on any atom is -0.375 e. The Hall–Kier alpha value is -2.60. The molecule has 0 saturated heterocycles. The first-order valence-electron chi connectivity index (χ1n) is 10.2. The van der Waals surface area contributed by atoms with Crippen LogP contribution in [-0.4, -0.2) is 27.5 Å². The van der Waals surface area contributed by atoms with Gasteiger partial charge in [-0.1, -0.05) is 30.3 Å². The quantitative estimate of drug-likeness (QED) is 0.637. The van der Waals surface area contributed by atoms with Crippen LogP contribution in [0.15, 0.2) is 42.6 Å². The van der Waals surface area contributed by atoms with Crippen LogP contribution < -0.4 is 0 Å². The summed E-state index contributed by atoms with van der Waals surface area (Å²) in [6.07, 6.45) is 3.27. The van der Waals surface area contributed by atoms with Crippen LogP contribution in [0, 0.1) is 0 Å². The molecule has 3 aromatic rings. The van der Waals surface area contributed by atoms with Gasteiger partial charge in [0.2, 0.25) is 5.92 Å². The van der Waals surface area contributed by atoms with Gasteiger partial charge in [-0.05, 0) is 30.0 Å². The van der Waals surface area contributed by atoms with E-state index >= 15 is 0 Å². The zero-order valence-corrected chi connectivity index (χ0v) is 16.1. The van der Waals surface area contributed by atoms with Crippen LogP contribution >= 0.6 is 0 Å². The lowest BCUT2D eigenvalue weighted by molar-refractivity contribution is -0.0384. The van der Waals surface area contributed by atoms with E-state index in [9.17, 15) is 8.78 Å². The van der Waals surface area contributed by atoms with Gasteiger partial charge in [0.25, 0.3) is 0 Å². The summed E-state index contributed by atoms with van der Waals surface area (Å²) in [5.74, 6) is -1.79. The van der Waals surface area contributed by atoms with E-state index in [1.54, 1.807) is 6.20 Å². The molecule has 5 rings (SSSR count). The number of ether oxygens (including phenoxy) is 1. The third kappa shape index (κ3) is 3.57. The molecule has 1 saturated carbocycles. The molecule has 2 aromatic heterocycles. The number of fused-ring (bicyclic) bond motifs is 1. The Labute approximate surface area is 168 Å². The van der Waals surface area contributed by atoms with Gasteiger partial charge in [-0.15, -0.1) is 0 Å². The number of rotatable bonds is 3. The van der Waals surface area contributed by atoms with Crippen LogP contribution in [-0.2, 0) is 17.8 Å². The Morgan fingerprint density at radius 3 is 2.62 bits per heavy atom. The van der Waals surface area contributed by atoms with Gasteiger partial charge in [-0.2, -0.15) is 0 Å². The van der Waals surface area contributed by atoms with E-state index in [-0.39, 0.29) is 18.8 Å². The lowest BCUT2D eigenvalue weighted by Crippen LogP contribution is -2.24. The number of alkyl halides is 2. The maximum absolute atomic E-state index is 13.8. The van der Waals surface area contributed by atoms with Crippen molar-refractivity contribution in [1.82, 2.24) is 15.0 Å². The summed E-state index contributed by atoms with van der Waals surface area (Å²) in [7, 11) is 0. The Balaban J connectivity index is 1.64. The van der Waals surface area contributed by atoms with Crippen LogP contribution in [0.4, 0.5) is 8.78 Å². The van der Waals surface area contributed by atoms with E-state index < -0.39 is 5.92 Å². The zero-order chi connectivity index (χ0) is 19.8. The Morgan fingerprint density at radius 2 is 1.86 bits per heavy atom. The fourth-order valence-corrected chi connectivity index (χ4v) is 4.44. The molecule has 4 nitrogen and oxygen atoms in total. The number of nitrogens with zero attached hydrogens (tertiary/aromatic N) is 2. The van der Waals surface area contributed by atoms with Crippen molar-refractivity contribution >= 4 is 0 Å². The number of benzene rings is 1. The number of hydrogen-bond acceptors (Lipinski definition) is 3. The number of imidazole rings is 1. The normalized spacial score (nSPS) is 19.1. The molecule has 1 aliphatic heterocycles. The van der Waals surface area contributed by atoms with Crippen LogP contribution in [0.1, 0.15) is 48.7 Å². The number of pyridine rings is 1. The lowest BCUT2D eigenvalue weighted by atomic mass is 9.81. The monoisotopic (exact) mass is 395 g/mol. The van der Waals surface area contributed by atoms with Gasteiger partial charge in [0.1, 0.15) is 5.82 Å². The van der Waals surface area contributed by atoms with Gasteiger partial charge in [-0.25, -0.2) is 13.8 Å². The molecule has 29 heavy (non-hydrogen) atoms. The maximum atomic E-state index is 13.8. The minimum atomic E-state index is -2.56. The fourth-order valence-electron chi connectivity index (χ4n) is 4.44. The number of aromatic amines is 1. The number of nitrogens with one attached hydrogen (secondary N) is 1. The number of aromatic nitrogens is 3. The molecular weight excluding hydrogens is 372 g/mol. The summed E-state index contributed by atoms with van der Waals surface area (Å²) in [6.45, 7) is 1.19. The maximum Gasteiger partial charge on any atom is 0.248 e. The van der Waals surface area contributed by atoms with E-state index in [1.165, 1.54) is 0 Å². The standard InChI is InChI=1S/C23H23F2N3O/c24-23(25)10-6-16(7-11-23)21-20(22-27-18-9-13-29-14-19(18)28-22)17(8-12-26-21)15-4-2-1-3-5-15/h1-5,8,12,16H,6-7,9-11,13-14H2,(H,27,28). The van der Waals surface area contributed by atoms with Crippen molar-refractivity contribution in [2.45, 2.75) is 50.6 Å². The fraction of sp³-hybridized carbons (Fsp3) is 0.391. The third-order valence-corrected chi connectivity index (χ3v) is 6.00. The molecule has 0 amide bonds. The SMILES string of the molecule is FC1(F)CCC(c2nccc(-c3ccccc3)c2-c2nc3c([nH]2)COCC3)CC1. The number of halogens is 2. The molecule has 0 atom stereocenters. The summed E-state index contributed by atoms with van der Waals surface area (Å²) in [5, 5.41) is 0. The summed E-state index contributed by atoms with van der Waals surface area (Å²) in [5.41, 5.74) is 5.92. The Bertz CT molecular complexity index is 983. The van der Waals surface area contributed by atoms with Crippen molar-refractivity contribution in [3.63, 3.8) is 0 Å². The third-order valence-electron chi connectivity index (χ3n) is 6.00. The first-order chi connectivity index (χ1) is 14.1. The number of H-pyrrole nitrogens is 1. The molecule has 0 unspecified atom stereocenters. The van der Waals surface area contributed by atoms with Gasteiger partial charge >= 0.3 is 0 Å². The van der Waals surface area contributed by atoms with Crippen LogP contribution in [0.2, 0.25) is 0 Å². The summed E-state index contributed by atoms with van der Waals surface area (Å²) < 4.78 is 33.1. The molecule has 1 aliphatic carbocycles. The highest BCUT2D eigenvalue weighted by molar-refractivity contribution is 5.82. The van der Waals surface area contributed by atoms with Crippen molar-refractivity contribution in [1.29, 1.82) is 0 Å². The van der Waals surface area contributed by atoms with Crippen molar-refractivity contribution < 1.29 is 13.5 Å². The average molecular weight is 395 g/mol. The van der Waals surface area contributed by atoms with Gasteiger partial charge in [0.15, 0.2) is 0 Å². The van der Waals surface area contributed by atoms with Crippen LogP contribution in [0.25, 0.3) is 22.5 Å². The highest BCUT2D eigenvalue weighted by atomic mass is 19.3. The molecule has 0 radical (unpaired) electrons. The molecule has 1 aromatic carbocycles. The van der Waals surface area contributed by atoms with Crippen molar-refractivity contribution in [3.05, 3.63) is 59.7 Å². The summed E-state index contributed by atoms with van der Waals surface area (Å²) in [4.78, 5) is 13.0. The van der Waals surface area contributed by atoms with E-state index in [4.69, 9.17) is 9.72 Å². The topological polar surface area (TPSA) is 50.8 Å². The largest absolute Gasteiger partial charge is 0.375 e. The first kappa shape index (κ1) is 18.4. The predicted octanol–water partition coefficient (Wildman–Crippen LogP) is 5.50. The minimum absolute atomic E-state index is 0.00617. The van der Waals surface area contributed by atoms with Crippen molar-refractivity contribution in [2.24, 2.45) is 0 Å². The van der Waals surface area contributed by atoms with Crippen LogP contribution in [0.5, 0.6) is 0 Å². The molecule has 3 heterocycles. The zero-order valence-electron chi connectivity index (χ0n) is 16.1. The van der Waals surface area contributed by atoms with Crippen molar-refractivity contribution in [2.75, 3.05) is 6.61 Å². The Kier molecular flexibility index (Phi) is 4.66. The molecule has 6 heteroatoms. The molecule has 1 N–H and O–H groups in total. The second-order valence-corrected chi connectivity index (χ2v) is 7.93. The molecule has 2 aliphatic rings. The van der Waals surface area contributed by atoms with Gasteiger partial charge in [-0.3, -0.25) is 4.98 Å². The molecule has 0 spiro atoms. The van der Waals surface area contributed by atoms with Gasteiger partial charge < -0.3 is 9.72 Å². The van der Waals surface area contributed by atoms with Gasteiger partial charge in [0, 0.05) is 36.9 Å². The van der Waals surface area contributed by atoms with Crippen molar-refractivity contribution in [3.8, 4) is 22.5 Å². The average Bonchev–Trinajstić information content (AvgIpc) is 3.18. The summed E-state index contributed by atoms with van der Waals surface area (Å²) >= 11 is 0. The molecule has 150 valence electrons. The second-order valence-electron chi connectivity index (χ2n) is 7.93. The molecule has 1 fully saturated rings. The highest BCUT2D eigenvalue weighted by Gasteiger charge is 2.37. The highest BCUT2D eigenvalue weighted by Crippen LogP contribution is 2.44. The predicted molar refractivity (Wildman–Crippen MR) is 107 cm³/mol. The van der Waals surface area contributed by atoms with Gasteiger partial charge in [0.05, 0.1) is 30.3 Å². The second kappa shape index (κ2) is 7.34. The summed E-state index contributed by atoms with van der Waals surface area (Å²) in [6, 6.07) is 12.1. The van der Waals surface area contributed by atoms with E-state index in [2.05, 4.69) is 22.1 Å². The van der Waals surface area contributed by atoms with E-state index in [1.807, 2.05) is 24.3 Å². The van der Waals surface area contributed by atoms with E-state index in [0.29, 0.717) is 26.1 Å². The molecular formula is C23H23F2N3O.